The zero-order chi connectivity index (χ0) is 22.5. The van der Waals surface area contributed by atoms with Gasteiger partial charge < -0.3 is 16.0 Å². The minimum Gasteiger partial charge on any atom is -0.339 e. The number of alkyl halides is 3. The minimum atomic E-state index is -2.02. The van der Waals surface area contributed by atoms with Crippen molar-refractivity contribution in [2.45, 2.75) is 9.96 Å². The van der Waals surface area contributed by atoms with Gasteiger partial charge in [0.25, 0.3) is 17.3 Å². The number of nitro benzene ring substituents is 2. The van der Waals surface area contributed by atoms with Gasteiger partial charge in [-0.15, -0.1) is 0 Å². The van der Waals surface area contributed by atoms with Crippen molar-refractivity contribution >= 4 is 75.1 Å². The third-order valence-electron chi connectivity index (χ3n) is 3.55. The van der Waals surface area contributed by atoms with Crippen molar-refractivity contribution in [3.8, 4) is 0 Å². The number of carbonyl (C=O) groups excluding carboxylic acids is 1. The molecule has 0 spiro atoms. The van der Waals surface area contributed by atoms with E-state index in [2.05, 4.69) is 16.0 Å². The Morgan fingerprint density at radius 1 is 0.900 bits per heavy atom. The SMILES string of the molecule is O=C(NC(NC(=S)Nc1ccc([N+](=O)[O-])cc1)C(Cl)(Cl)Cl)c1ccc([N+](=O)[O-])cc1. The maximum Gasteiger partial charge on any atom is 0.269 e. The van der Waals surface area contributed by atoms with Crippen LogP contribution in [-0.2, 0) is 0 Å². The zero-order valence-corrected chi connectivity index (χ0v) is 17.8. The first-order chi connectivity index (χ1) is 14.0. The summed E-state index contributed by atoms with van der Waals surface area (Å²) < 4.78 is -2.02. The first-order valence-corrected chi connectivity index (χ1v) is 9.45. The molecule has 0 aliphatic rings. The van der Waals surface area contributed by atoms with E-state index in [0.717, 1.165) is 12.1 Å². The van der Waals surface area contributed by atoms with Crippen LogP contribution in [0.2, 0.25) is 0 Å². The third-order valence-corrected chi connectivity index (χ3v) is 4.43. The number of carbonyl (C=O) groups is 1. The maximum absolute atomic E-state index is 12.4. The van der Waals surface area contributed by atoms with Crippen molar-refractivity contribution in [1.82, 2.24) is 10.6 Å². The van der Waals surface area contributed by atoms with E-state index in [0.29, 0.717) is 5.69 Å². The van der Waals surface area contributed by atoms with Gasteiger partial charge in [0.2, 0.25) is 3.79 Å². The average molecular weight is 493 g/mol. The number of thiocarbonyl (C=S) groups is 1. The highest BCUT2D eigenvalue weighted by atomic mass is 35.6. The second-order valence-corrected chi connectivity index (χ2v) is 8.43. The number of nitrogens with one attached hydrogen (secondary N) is 3. The third kappa shape index (κ3) is 6.66. The van der Waals surface area contributed by atoms with Gasteiger partial charge in [-0.2, -0.15) is 0 Å². The summed E-state index contributed by atoms with van der Waals surface area (Å²) in [5, 5.41) is 29.1. The van der Waals surface area contributed by atoms with Crippen molar-refractivity contribution in [3.05, 3.63) is 74.3 Å². The molecule has 0 saturated carbocycles. The van der Waals surface area contributed by atoms with Crippen molar-refractivity contribution < 1.29 is 14.6 Å². The summed E-state index contributed by atoms with van der Waals surface area (Å²) in [5.41, 5.74) is 0.226. The molecule has 14 heteroatoms. The number of benzene rings is 2. The molecule has 0 heterocycles. The van der Waals surface area contributed by atoms with E-state index in [1.165, 1.54) is 36.4 Å². The molecule has 0 aromatic heterocycles. The van der Waals surface area contributed by atoms with Crippen LogP contribution in [0.25, 0.3) is 0 Å². The number of nitrogens with zero attached hydrogens (tertiary/aromatic N) is 2. The lowest BCUT2D eigenvalue weighted by Gasteiger charge is -2.27. The first kappa shape index (κ1) is 23.5. The molecule has 0 saturated heterocycles. The normalized spacial score (nSPS) is 11.8. The fraction of sp³-hybridized carbons (Fsp3) is 0.125. The summed E-state index contributed by atoms with van der Waals surface area (Å²) in [6, 6.07) is 10.2. The highest BCUT2D eigenvalue weighted by Crippen LogP contribution is 2.29. The topological polar surface area (TPSA) is 139 Å². The quantitative estimate of drug-likeness (QED) is 0.181. The molecule has 0 radical (unpaired) electrons. The number of hydrogen-bond donors (Lipinski definition) is 3. The number of rotatable bonds is 6. The Hall–Kier alpha value is -2.73. The summed E-state index contributed by atoms with van der Waals surface area (Å²) in [6.07, 6.45) is -1.27. The van der Waals surface area contributed by atoms with Crippen LogP contribution < -0.4 is 16.0 Å². The Morgan fingerprint density at radius 2 is 1.37 bits per heavy atom. The molecule has 1 amide bonds. The summed E-state index contributed by atoms with van der Waals surface area (Å²) in [6.45, 7) is 0. The predicted octanol–water partition coefficient (Wildman–Crippen LogP) is 3.92. The molecule has 0 bridgehead atoms. The van der Waals surface area contributed by atoms with Gasteiger partial charge in [0.15, 0.2) is 5.11 Å². The fourth-order valence-electron chi connectivity index (χ4n) is 2.11. The Bertz CT molecular complexity index is 967. The van der Waals surface area contributed by atoms with Crippen LogP contribution in [0.3, 0.4) is 0 Å². The number of amides is 1. The van der Waals surface area contributed by atoms with E-state index < -0.39 is 25.7 Å². The second kappa shape index (κ2) is 9.85. The number of nitro groups is 2. The molecule has 0 fully saturated rings. The van der Waals surface area contributed by atoms with Crippen LogP contribution in [0, 0.1) is 20.2 Å². The number of hydrogen-bond acceptors (Lipinski definition) is 6. The van der Waals surface area contributed by atoms with Crippen molar-refractivity contribution in [3.63, 3.8) is 0 Å². The number of non-ortho nitro benzene ring substituents is 2. The average Bonchev–Trinajstić information content (AvgIpc) is 2.67. The monoisotopic (exact) mass is 491 g/mol. The van der Waals surface area contributed by atoms with E-state index in [1.54, 1.807) is 0 Å². The number of halogens is 3. The van der Waals surface area contributed by atoms with E-state index in [4.69, 9.17) is 47.0 Å². The molecular formula is C16H12Cl3N5O5S. The van der Waals surface area contributed by atoms with Gasteiger partial charge in [-0.25, -0.2) is 0 Å². The van der Waals surface area contributed by atoms with E-state index in [-0.39, 0.29) is 22.1 Å². The summed E-state index contributed by atoms with van der Waals surface area (Å²) in [4.78, 5) is 32.6. The minimum absolute atomic E-state index is 0.0378. The summed E-state index contributed by atoms with van der Waals surface area (Å²) in [7, 11) is 0. The molecule has 158 valence electrons. The van der Waals surface area contributed by atoms with Crippen molar-refractivity contribution in [2.24, 2.45) is 0 Å². The Morgan fingerprint density at radius 3 is 1.80 bits per heavy atom. The van der Waals surface area contributed by atoms with E-state index >= 15 is 0 Å². The maximum atomic E-state index is 12.4. The van der Waals surface area contributed by atoms with E-state index in [9.17, 15) is 25.0 Å². The van der Waals surface area contributed by atoms with Crippen LogP contribution in [-0.4, -0.2) is 30.8 Å². The molecule has 30 heavy (non-hydrogen) atoms. The van der Waals surface area contributed by atoms with Gasteiger partial charge in [0, 0.05) is 35.5 Å². The van der Waals surface area contributed by atoms with E-state index in [1.807, 2.05) is 0 Å². The molecule has 10 nitrogen and oxygen atoms in total. The highest BCUT2D eigenvalue weighted by Gasteiger charge is 2.35. The highest BCUT2D eigenvalue weighted by molar-refractivity contribution is 7.80. The van der Waals surface area contributed by atoms with Gasteiger partial charge in [-0.3, -0.25) is 25.0 Å². The second-order valence-electron chi connectivity index (χ2n) is 5.65. The lowest BCUT2D eigenvalue weighted by Crippen LogP contribution is -2.56. The molecule has 0 aliphatic heterocycles. The standard InChI is InChI=1S/C16H12Cl3N5O5S/c17-16(18,19)14(21-13(25)9-1-5-11(6-2-9)23(26)27)22-15(30)20-10-3-7-12(8-4-10)24(28)29/h1-8,14H,(H,21,25)(H2,20,22,30). The van der Waals surface area contributed by atoms with Crippen molar-refractivity contribution in [2.75, 3.05) is 5.32 Å². The van der Waals surface area contributed by atoms with Crippen LogP contribution in [0.5, 0.6) is 0 Å². The van der Waals surface area contributed by atoms with Gasteiger partial charge in [-0.1, -0.05) is 34.8 Å². The van der Waals surface area contributed by atoms with Crippen LogP contribution in [0.1, 0.15) is 10.4 Å². The molecule has 2 aromatic carbocycles. The fourth-order valence-corrected chi connectivity index (χ4v) is 2.68. The molecule has 3 N–H and O–H groups in total. The Balaban J connectivity index is 2.06. The lowest BCUT2D eigenvalue weighted by molar-refractivity contribution is -0.385. The molecule has 1 atom stereocenters. The van der Waals surface area contributed by atoms with Gasteiger partial charge >= 0.3 is 0 Å². The largest absolute Gasteiger partial charge is 0.339 e. The molecule has 0 aliphatic carbocycles. The lowest BCUT2D eigenvalue weighted by atomic mass is 10.2. The van der Waals surface area contributed by atoms with Gasteiger partial charge in [-0.05, 0) is 36.5 Å². The van der Waals surface area contributed by atoms with Gasteiger partial charge in [0.05, 0.1) is 9.85 Å². The Kier molecular flexibility index (Phi) is 7.73. The summed E-state index contributed by atoms with van der Waals surface area (Å²) in [5.74, 6) is -0.674. The predicted molar refractivity (Wildman–Crippen MR) is 117 cm³/mol. The summed E-state index contributed by atoms with van der Waals surface area (Å²) >= 11 is 22.8. The van der Waals surface area contributed by atoms with Crippen molar-refractivity contribution in [1.29, 1.82) is 0 Å². The molecule has 2 aromatic rings. The Labute approximate surface area is 189 Å². The first-order valence-electron chi connectivity index (χ1n) is 7.91. The smallest absolute Gasteiger partial charge is 0.269 e. The molecule has 1 unspecified atom stereocenters. The zero-order valence-electron chi connectivity index (χ0n) is 14.7. The number of anilines is 1. The molecule has 2 rings (SSSR count). The van der Waals surface area contributed by atoms with Crippen LogP contribution >= 0.6 is 47.0 Å². The van der Waals surface area contributed by atoms with Crippen LogP contribution in [0.15, 0.2) is 48.5 Å². The van der Waals surface area contributed by atoms with Crippen LogP contribution in [0.4, 0.5) is 17.1 Å². The van der Waals surface area contributed by atoms with Gasteiger partial charge in [0.1, 0.15) is 6.17 Å². The molecular weight excluding hydrogens is 481 g/mol.